The van der Waals surface area contributed by atoms with Gasteiger partial charge < -0.3 is 32.7 Å². The molecule has 0 aliphatic carbocycles. The first-order valence-corrected chi connectivity index (χ1v) is 19.9. The Hall–Kier alpha value is -4.38. The summed E-state index contributed by atoms with van der Waals surface area (Å²) in [6, 6.07) is 26.9. The molecule has 0 bridgehead atoms. The molecule has 0 saturated carbocycles. The van der Waals surface area contributed by atoms with E-state index in [-0.39, 0.29) is 57.2 Å². The van der Waals surface area contributed by atoms with Gasteiger partial charge in [0.05, 0.1) is 46.5 Å². The zero-order chi connectivity index (χ0) is 40.2. The van der Waals surface area contributed by atoms with Crippen LogP contribution in [0.3, 0.4) is 0 Å². The quantitative estimate of drug-likeness (QED) is 0.0553. The molecule has 2 aliphatic heterocycles. The number of hydrogen-bond donors (Lipinski definition) is 1. The van der Waals surface area contributed by atoms with Crippen molar-refractivity contribution < 1.29 is 42.3 Å². The van der Waals surface area contributed by atoms with Crippen LogP contribution in [0, 0.1) is 11.3 Å². The highest BCUT2D eigenvalue weighted by Gasteiger charge is 2.53. The van der Waals surface area contributed by atoms with E-state index in [0.717, 1.165) is 16.7 Å². The van der Waals surface area contributed by atoms with Crippen LogP contribution in [0.5, 0.6) is 11.5 Å². The van der Waals surface area contributed by atoms with Crippen LogP contribution in [0.4, 0.5) is 4.79 Å². The number of amides is 3. The van der Waals surface area contributed by atoms with Gasteiger partial charge in [0, 0.05) is 25.0 Å². The van der Waals surface area contributed by atoms with E-state index in [4.69, 9.17) is 32.7 Å². The maximum atomic E-state index is 13.4. The fourth-order valence-electron chi connectivity index (χ4n) is 7.08. The van der Waals surface area contributed by atoms with Crippen LogP contribution in [-0.4, -0.2) is 98.7 Å². The van der Waals surface area contributed by atoms with Crippen LogP contribution >= 0.6 is 8.53 Å². The number of carbonyl (C=O) groups excluding carboxylic acids is 2. The van der Waals surface area contributed by atoms with Crippen molar-refractivity contribution in [3.63, 3.8) is 0 Å². The maximum absolute atomic E-state index is 13.4. The average molecular weight is 789 g/mol. The minimum atomic E-state index is -1.79. The normalized spacial score (nSPS) is 20.6. The highest BCUT2D eigenvalue weighted by atomic mass is 31.2. The van der Waals surface area contributed by atoms with Crippen LogP contribution in [0.2, 0.25) is 0 Å². The SMILES string of the molecule is C=CCO[C@@H]1[C@H](OP(OCCC#N)N(C(C)C)C(C)C)[C@@H](COC(c2ccccc2)(c2ccc(OC)cc2)c2ccc(OC)cc2)O[C@H]1N1CCC(=O)NC1=O. The van der Waals surface area contributed by atoms with Crippen molar-refractivity contribution in [3.8, 4) is 17.6 Å². The first kappa shape index (κ1) is 42.8. The van der Waals surface area contributed by atoms with Gasteiger partial charge in [0.2, 0.25) is 5.91 Å². The molecule has 2 fully saturated rings. The Labute approximate surface area is 331 Å². The number of benzene rings is 3. The largest absolute Gasteiger partial charge is 0.497 e. The number of methoxy groups -OCH3 is 2. The first-order chi connectivity index (χ1) is 27.1. The lowest BCUT2D eigenvalue weighted by molar-refractivity contribution is -0.129. The summed E-state index contributed by atoms with van der Waals surface area (Å²) in [7, 11) is 1.45. The highest BCUT2D eigenvalue weighted by molar-refractivity contribution is 7.44. The summed E-state index contributed by atoms with van der Waals surface area (Å²) in [5.41, 5.74) is 1.31. The molecule has 2 aliphatic rings. The number of rotatable bonds is 20. The van der Waals surface area contributed by atoms with Gasteiger partial charge in [-0.05, 0) is 68.7 Å². The summed E-state index contributed by atoms with van der Waals surface area (Å²) in [6.45, 7) is 12.4. The van der Waals surface area contributed by atoms with Crippen molar-refractivity contribution in [2.45, 2.75) is 82.8 Å². The Balaban J connectivity index is 1.64. The predicted molar refractivity (Wildman–Crippen MR) is 212 cm³/mol. The molecule has 0 aromatic heterocycles. The molecule has 300 valence electrons. The summed E-state index contributed by atoms with van der Waals surface area (Å²) in [4.78, 5) is 27.1. The van der Waals surface area contributed by atoms with E-state index in [1.165, 1.54) is 4.90 Å². The van der Waals surface area contributed by atoms with Crippen molar-refractivity contribution in [3.05, 3.63) is 108 Å². The van der Waals surface area contributed by atoms with E-state index in [1.54, 1.807) is 20.3 Å². The highest BCUT2D eigenvalue weighted by Crippen LogP contribution is 2.50. The Bertz CT molecular complexity index is 1720. The third-order valence-corrected chi connectivity index (χ3v) is 11.7. The van der Waals surface area contributed by atoms with Gasteiger partial charge in [-0.2, -0.15) is 5.26 Å². The van der Waals surface area contributed by atoms with Crippen LogP contribution in [0.15, 0.2) is 91.5 Å². The van der Waals surface area contributed by atoms with Crippen molar-refractivity contribution in [2.75, 3.05) is 40.6 Å². The summed E-state index contributed by atoms with van der Waals surface area (Å²) in [6.07, 6.45) is -1.60. The molecule has 56 heavy (non-hydrogen) atoms. The lowest BCUT2D eigenvalue weighted by Crippen LogP contribution is -2.57. The molecule has 5 atom stereocenters. The summed E-state index contributed by atoms with van der Waals surface area (Å²) in [5.74, 6) is 1.00. The van der Waals surface area contributed by atoms with Gasteiger partial charge in [-0.15, -0.1) is 6.58 Å². The molecule has 14 heteroatoms. The van der Waals surface area contributed by atoms with Crippen molar-refractivity contribution in [1.29, 1.82) is 5.26 Å². The second-order valence-electron chi connectivity index (χ2n) is 13.9. The predicted octanol–water partition coefficient (Wildman–Crippen LogP) is 6.91. The van der Waals surface area contributed by atoms with Crippen molar-refractivity contribution in [1.82, 2.24) is 14.9 Å². The molecule has 0 spiro atoms. The van der Waals surface area contributed by atoms with Crippen LogP contribution in [0.1, 0.15) is 57.2 Å². The fraction of sp³-hybridized carbons (Fsp3) is 0.452. The number of carbonyl (C=O) groups is 2. The van der Waals surface area contributed by atoms with E-state index in [0.29, 0.717) is 11.5 Å². The number of urea groups is 1. The van der Waals surface area contributed by atoms with E-state index < -0.39 is 44.7 Å². The standard InChI is InChI=1S/C42H53N4O9P/c1-8-26-51-39-38(55-56(53-27-12-24-43)46(29(2)3)30(4)5)36(54-40(39)45-25-23-37(47)44-41(45)48)28-52-42(31-13-10-9-11-14-31,32-15-19-34(49-6)20-16-32)33-17-21-35(50-7)22-18-33/h8-11,13-22,29-30,36,38-40H,1,12,23,25-28H2,2-7H3,(H,44,47,48)/t36-,38-,39-,40-,56?/m1/s1. The molecular weight excluding hydrogens is 735 g/mol. The topological polar surface area (TPSA) is 141 Å². The number of imide groups is 1. The van der Waals surface area contributed by atoms with Gasteiger partial charge >= 0.3 is 6.03 Å². The van der Waals surface area contributed by atoms with E-state index in [2.05, 4.69) is 50.3 Å². The molecule has 2 heterocycles. The average Bonchev–Trinajstić information content (AvgIpc) is 3.53. The van der Waals surface area contributed by atoms with Gasteiger partial charge in [0.15, 0.2) is 6.23 Å². The number of ether oxygens (including phenoxy) is 5. The lowest BCUT2D eigenvalue weighted by Gasteiger charge is -2.39. The van der Waals surface area contributed by atoms with E-state index in [9.17, 15) is 14.9 Å². The van der Waals surface area contributed by atoms with Crippen LogP contribution < -0.4 is 14.8 Å². The number of nitrogens with zero attached hydrogens (tertiary/aromatic N) is 3. The van der Waals surface area contributed by atoms with Crippen molar-refractivity contribution in [2.24, 2.45) is 0 Å². The molecule has 1 N–H and O–H groups in total. The zero-order valence-corrected chi connectivity index (χ0v) is 33.9. The molecule has 3 aromatic carbocycles. The lowest BCUT2D eigenvalue weighted by atomic mass is 9.80. The van der Waals surface area contributed by atoms with Crippen molar-refractivity contribution >= 4 is 20.5 Å². The second-order valence-corrected chi connectivity index (χ2v) is 15.3. The second kappa shape index (κ2) is 20.2. The number of nitrogens with one attached hydrogen (secondary N) is 1. The van der Waals surface area contributed by atoms with Gasteiger partial charge in [0.1, 0.15) is 35.4 Å². The van der Waals surface area contributed by atoms with Gasteiger partial charge in [-0.3, -0.25) is 15.0 Å². The smallest absolute Gasteiger partial charge is 0.326 e. The molecule has 13 nitrogen and oxygen atoms in total. The Kier molecular flexibility index (Phi) is 15.4. The number of hydrogen-bond acceptors (Lipinski definition) is 11. The van der Waals surface area contributed by atoms with Gasteiger partial charge in [0.25, 0.3) is 8.53 Å². The van der Waals surface area contributed by atoms with Gasteiger partial charge in [-0.25, -0.2) is 9.46 Å². The van der Waals surface area contributed by atoms with E-state index in [1.807, 2.05) is 78.9 Å². The minimum absolute atomic E-state index is 0.0123. The molecule has 2 saturated heterocycles. The molecule has 0 radical (unpaired) electrons. The third-order valence-electron chi connectivity index (χ3n) is 9.60. The van der Waals surface area contributed by atoms with Crippen LogP contribution in [0.25, 0.3) is 0 Å². The monoisotopic (exact) mass is 788 g/mol. The zero-order valence-electron chi connectivity index (χ0n) is 33.0. The molecule has 1 unspecified atom stereocenters. The first-order valence-electron chi connectivity index (χ1n) is 18.8. The molecule has 3 amide bonds. The van der Waals surface area contributed by atoms with E-state index >= 15 is 0 Å². The molecular formula is C42H53N4O9P. The van der Waals surface area contributed by atoms with Gasteiger partial charge in [-0.1, -0.05) is 60.7 Å². The number of nitriles is 1. The minimum Gasteiger partial charge on any atom is -0.497 e. The summed E-state index contributed by atoms with van der Waals surface area (Å²) >= 11 is 0. The van der Waals surface area contributed by atoms with Crippen LogP contribution in [-0.2, 0) is 33.7 Å². The molecule has 3 aromatic rings. The summed E-state index contributed by atoms with van der Waals surface area (Å²) < 4.78 is 47.1. The maximum Gasteiger partial charge on any atom is 0.326 e. The third kappa shape index (κ3) is 9.76. The Morgan fingerprint density at radius 1 is 0.946 bits per heavy atom. The Morgan fingerprint density at radius 3 is 2.05 bits per heavy atom. The molecule has 5 rings (SSSR count). The fourth-order valence-corrected chi connectivity index (χ4v) is 8.85. The Morgan fingerprint density at radius 2 is 1.54 bits per heavy atom. The summed E-state index contributed by atoms with van der Waals surface area (Å²) in [5, 5.41) is 11.8.